The number of halogens is 2. The molecule has 0 aliphatic rings. The highest BCUT2D eigenvalue weighted by atomic mass is 79.9. The number of phenols is 1. The van der Waals surface area contributed by atoms with Crippen molar-refractivity contribution in [2.75, 3.05) is 12.4 Å². The number of hydrogen-bond donors (Lipinski definition) is 3. The van der Waals surface area contributed by atoms with Gasteiger partial charge in [0.1, 0.15) is 6.10 Å². The van der Waals surface area contributed by atoms with Gasteiger partial charge in [-0.25, -0.2) is 0 Å². The Hall–Kier alpha value is -0.300. The van der Waals surface area contributed by atoms with Crippen molar-refractivity contribution in [1.82, 2.24) is 0 Å². The molecule has 0 heterocycles. The minimum atomic E-state index is -1.08. The molecule has 0 aliphatic carbocycles. The Morgan fingerprint density at radius 1 is 1.38 bits per heavy atom. The van der Waals surface area contributed by atoms with Crippen LogP contribution in [0.25, 0.3) is 0 Å². The minimum Gasteiger partial charge on any atom is -0.503 e. The van der Waals surface area contributed by atoms with E-state index in [1.54, 1.807) is 6.07 Å². The van der Waals surface area contributed by atoms with Crippen LogP contribution in [0.15, 0.2) is 16.6 Å². The van der Waals surface area contributed by atoms with Crippen molar-refractivity contribution in [3.8, 4) is 11.5 Å². The second kappa shape index (κ2) is 5.86. The van der Waals surface area contributed by atoms with Crippen LogP contribution in [0.2, 0.25) is 0 Å². The molecule has 0 saturated heterocycles. The van der Waals surface area contributed by atoms with E-state index in [4.69, 9.17) is 4.74 Å². The zero-order chi connectivity index (χ0) is 12.3. The van der Waals surface area contributed by atoms with Crippen LogP contribution in [0.4, 0.5) is 0 Å². The van der Waals surface area contributed by atoms with Gasteiger partial charge < -0.3 is 20.1 Å². The quantitative estimate of drug-likeness (QED) is 0.722. The Balaban J connectivity index is 3.11. The smallest absolute Gasteiger partial charge is 0.172 e. The third-order valence-corrected chi connectivity index (χ3v) is 3.67. The summed E-state index contributed by atoms with van der Waals surface area (Å²) in [5, 5.41) is 29.2. The fraction of sp³-hybridized carbons (Fsp3) is 0.400. The van der Waals surface area contributed by atoms with E-state index >= 15 is 0 Å². The van der Waals surface area contributed by atoms with Gasteiger partial charge in [-0.1, -0.05) is 22.0 Å². The molecule has 0 bridgehead atoms. The lowest BCUT2D eigenvalue weighted by molar-refractivity contribution is 0.0336. The Labute approximate surface area is 110 Å². The summed E-state index contributed by atoms with van der Waals surface area (Å²) in [4.78, 5) is 0. The summed E-state index contributed by atoms with van der Waals surface area (Å²) in [7, 11) is 1.44. The fourth-order valence-corrected chi connectivity index (χ4v) is 2.16. The zero-order valence-corrected chi connectivity index (χ0v) is 11.7. The predicted octanol–water partition coefficient (Wildman–Crippen LogP) is 1.95. The maximum absolute atomic E-state index is 9.80. The molecule has 0 aromatic heterocycles. The van der Waals surface area contributed by atoms with Crippen LogP contribution in [-0.2, 0) is 0 Å². The maximum atomic E-state index is 9.80. The number of aliphatic hydroxyl groups excluding tert-OH is 2. The SMILES string of the molecule is COc1ccc(C(O)C(O)CBr)c(Br)c1O. The monoisotopic (exact) mass is 354 g/mol. The van der Waals surface area contributed by atoms with Crippen LogP contribution in [0.5, 0.6) is 11.5 Å². The summed E-state index contributed by atoms with van der Waals surface area (Å²) in [6, 6.07) is 3.11. The Kier molecular flexibility index (Phi) is 5.04. The van der Waals surface area contributed by atoms with Crippen LogP contribution in [0.1, 0.15) is 11.7 Å². The summed E-state index contributed by atoms with van der Waals surface area (Å²) in [5.74, 6) is 0.206. The molecule has 4 nitrogen and oxygen atoms in total. The van der Waals surface area contributed by atoms with E-state index in [0.717, 1.165) is 0 Å². The number of alkyl halides is 1. The van der Waals surface area contributed by atoms with Gasteiger partial charge in [0.15, 0.2) is 11.5 Å². The van der Waals surface area contributed by atoms with E-state index < -0.39 is 12.2 Å². The number of methoxy groups -OCH3 is 1. The summed E-state index contributed by atoms with van der Waals surface area (Å²) < 4.78 is 5.23. The van der Waals surface area contributed by atoms with E-state index in [2.05, 4.69) is 31.9 Å². The largest absolute Gasteiger partial charge is 0.503 e. The van der Waals surface area contributed by atoms with Crippen LogP contribution in [-0.4, -0.2) is 33.9 Å². The molecule has 3 N–H and O–H groups in total. The first-order chi connectivity index (χ1) is 7.52. The summed E-state index contributed by atoms with van der Waals surface area (Å²) in [5.41, 5.74) is 0.408. The van der Waals surface area contributed by atoms with E-state index in [9.17, 15) is 15.3 Å². The molecule has 0 fully saturated rings. The van der Waals surface area contributed by atoms with Crippen molar-refractivity contribution in [2.45, 2.75) is 12.2 Å². The van der Waals surface area contributed by atoms with E-state index in [0.29, 0.717) is 15.8 Å². The van der Waals surface area contributed by atoms with E-state index in [1.807, 2.05) is 0 Å². The van der Waals surface area contributed by atoms with Crippen molar-refractivity contribution < 1.29 is 20.1 Å². The van der Waals surface area contributed by atoms with Gasteiger partial charge in [-0.3, -0.25) is 0 Å². The average molecular weight is 356 g/mol. The molecule has 0 amide bonds. The van der Waals surface area contributed by atoms with Crippen LogP contribution < -0.4 is 4.74 Å². The molecule has 0 radical (unpaired) electrons. The Morgan fingerprint density at radius 3 is 2.50 bits per heavy atom. The Bertz CT molecular complexity index is 370. The number of phenolic OH excluding ortho intramolecular Hbond substituents is 1. The first-order valence-corrected chi connectivity index (χ1v) is 6.41. The van der Waals surface area contributed by atoms with Crippen molar-refractivity contribution in [3.63, 3.8) is 0 Å². The molecule has 0 aliphatic heterocycles. The second-order valence-corrected chi connectivity index (χ2v) is 4.63. The van der Waals surface area contributed by atoms with Crippen molar-refractivity contribution >= 4 is 31.9 Å². The van der Waals surface area contributed by atoms with Crippen LogP contribution in [0.3, 0.4) is 0 Å². The lowest BCUT2D eigenvalue weighted by atomic mass is 10.0. The maximum Gasteiger partial charge on any atom is 0.172 e. The van der Waals surface area contributed by atoms with Gasteiger partial charge in [-0.15, -0.1) is 0 Å². The van der Waals surface area contributed by atoms with Crippen molar-refractivity contribution in [2.24, 2.45) is 0 Å². The van der Waals surface area contributed by atoms with Crippen LogP contribution >= 0.6 is 31.9 Å². The summed E-state index contributed by atoms with van der Waals surface area (Å²) in [6.07, 6.45) is -2.02. The number of hydrogen-bond acceptors (Lipinski definition) is 4. The molecule has 2 atom stereocenters. The van der Waals surface area contributed by atoms with Gasteiger partial charge >= 0.3 is 0 Å². The first kappa shape index (κ1) is 13.8. The highest BCUT2D eigenvalue weighted by Gasteiger charge is 2.22. The number of benzene rings is 1. The third-order valence-electron chi connectivity index (χ3n) is 2.17. The summed E-state index contributed by atoms with van der Waals surface area (Å²) >= 11 is 6.22. The second-order valence-electron chi connectivity index (χ2n) is 3.19. The topological polar surface area (TPSA) is 69.9 Å². The third kappa shape index (κ3) is 2.68. The molecule has 90 valence electrons. The zero-order valence-electron chi connectivity index (χ0n) is 8.52. The van der Waals surface area contributed by atoms with Gasteiger partial charge in [-0.05, 0) is 22.0 Å². The molecule has 0 saturated carbocycles. The molecule has 1 aromatic rings. The van der Waals surface area contributed by atoms with Crippen molar-refractivity contribution in [1.29, 1.82) is 0 Å². The highest BCUT2D eigenvalue weighted by molar-refractivity contribution is 9.10. The first-order valence-electron chi connectivity index (χ1n) is 4.50. The van der Waals surface area contributed by atoms with Gasteiger partial charge in [0, 0.05) is 10.9 Å². The number of aromatic hydroxyl groups is 1. The lowest BCUT2D eigenvalue weighted by Crippen LogP contribution is -2.19. The number of rotatable bonds is 4. The Morgan fingerprint density at radius 2 is 2.00 bits per heavy atom. The number of ether oxygens (including phenoxy) is 1. The molecule has 0 spiro atoms. The molecule has 1 aromatic carbocycles. The number of aliphatic hydroxyl groups is 2. The standard InChI is InChI=1S/C10H12Br2O4/c1-16-7-3-2-5(8(12)10(7)15)9(14)6(13)4-11/h2-3,6,9,13-15H,4H2,1H3. The normalized spacial score (nSPS) is 14.6. The molecular formula is C10H12Br2O4. The molecule has 6 heteroatoms. The van der Waals surface area contributed by atoms with Gasteiger partial charge in [0.25, 0.3) is 0 Å². The van der Waals surface area contributed by atoms with E-state index in [-0.39, 0.29) is 11.1 Å². The molecular weight excluding hydrogens is 344 g/mol. The highest BCUT2D eigenvalue weighted by Crippen LogP contribution is 2.39. The van der Waals surface area contributed by atoms with E-state index in [1.165, 1.54) is 13.2 Å². The van der Waals surface area contributed by atoms with Gasteiger partial charge in [0.05, 0.1) is 17.7 Å². The minimum absolute atomic E-state index is 0.0965. The lowest BCUT2D eigenvalue weighted by Gasteiger charge is -2.18. The van der Waals surface area contributed by atoms with Crippen LogP contribution in [0, 0.1) is 0 Å². The van der Waals surface area contributed by atoms with Crippen molar-refractivity contribution in [3.05, 3.63) is 22.2 Å². The fourth-order valence-electron chi connectivity index (χ4n) is 1.25. The predicted molar refractivity (Wildman–Crippen MR) is 67.1 cm³/mol. The summed E-state index contributed by atoms with van der Waals surface area (Å²) in [6.45, 7) is 0. The average Bonchev–Trinajstić information content (AvgIpc) is 2.30. The molecule has 1 rings (SSSR count). The molecule has 2 unspecified atom stereocenters. The van der Waals surface area contributed by atoms with Gasteiger partial charge in [-0.2, -0.15) is 0 Å². The molecule has 16 heavy (non-hydrogen) atoms. The van der Waals surface area contributed by atoms with Gasteiger partial charge in [0.2, 0.25) is 0 Å².